The van der Waals surface area contributed by atoms with Gasteiger partial charge in [-0.25, -0.2) is 0 Å². The largest absolute Gasteiger partial charge is 0.395 e. The lowest BCUT2D eigenvalue weighted by molar-refractivity contribution is 0.165. The lowest BCUT2D eigenvalue weighted by atomic mass is 10.2. The zero-order valence-corrected chi connectivity index (χ0v) is 11.2. The Kier molecular flexibility index (Phi) is 4.89. The summed E-state index contributed by atoms with van der Waals surface area (Å²) >= 11 is 1.91. The molecule has 1 atom stereocenters. The smallest absolute Gasteiger partial charge is 0.0586 e. The van der Waals surface area contributed by atoms with E-state index in [4.69, 9.17) is 0 Å². The number of hydrogen-bond acceptors (Lipinski definition) is 3. The predicted molar refractivity (Wildman–Crippen MR) is 73.6 cm³/mol. The molecule has 3 heteroatoms. The van der Waals surface area contributed by atoms with Gasteiger partial charge in [0.2, 0.25) is 0 Å². The second-order valence-electron chi connectivity index (χ2n) is 4.68. The van der Waals surface area contributed by atoms with Crippen molar-refractivity contribution in [1.29, 1.82) is 0 Å². The van der Waals surface area contributed by atoms with Crippen molar-refractivity contribution in [2.45, 2.75) is 30.7 Å². The molecule has 0 aromatic heterocycles. The molecule has 94 valence electrons. The fourth-order valence-corrected chi connectivity index (χ4v) is 3.20. The maximum absolute atomic E-state index is 9.23. The number of aliphatic hydroxyl groups is 1. The van der Waals surface area contributed by atoms with Crippen LogP contribution in [0.4, 0.5) is 0 Å². The standard InChI is InChI=1S/C14H21NOS/c1-12-4-6-14(7-5-12)17-10-9-15-8-2-3-13(15)11-16/h4-7,13,16H,2-3,8-11H2,1H3/t13-/m0/s1. The highest BCUT2D eigenvalue weighted by Crippen LogP contribution is 2.21. The van der Waals surface area contributed by atoms with Crippen LogP contribution in [0.25, 0.3) is 0 Å². The molecule has 0 amide bonds. The van der Waals surface area contributed by atoms with Gasteiger partial charge in [0.15, 0.2) is 0 Å². The summed E-state index contributed by atoms with van der Waals surface area (Å²) in [5.74, 6) is 1.11. The average molecular weight is 251 g/mol. The van der Waals surface area contributed by atoms with Crippen molar-refractivity contribution in [3.05, 3.63) is 29.8 Å². The average Bonchev–Trinajstić information content (AvgIpc) is 2.79. The summed E-state index contributed by atoms with van der Waals surface area (Å²) in [6.45, 7) is 4.67. The van der Waals surface area contributed by atoms with E-state index in [1.165, 1.54) is 16.9 Å². The third-order valence-corrected chi connectivity index (χ3v) is 4.37. The quantitative estimate of drug-likeness (QED) is 0.814. The first-order valence-electron chi connectivity index (χ1n) is 6.34. The molecule has 2 rings (SSSR count). The van der Waals surface area contributed by atoms with E-state index in [1.54, 1.807) is 0 Å². The van der Waals surface area contributed by atoms with E-state index in [9.17, 15) is 5.11 Å². The summed E-state index contributed by atoms with van der Waals surface area (Å²) in [4.78, 5) is 3.76. The predicted octanol–water partition coefficient (Wildman–Crippen LogP) is 2.54. The Morgan fingerprint density at radius 2 is 2.12 bits per heavy atom. The van der Waals surface area contributed by atoms with Crippen LogP contribution in [0.5, 0.6) is 0 Å². The van der Waals surface area contributed by atoms with Gasteiger partial charge in [-0.3, -0.25) is 4.90 Å². The van der Waals surface area contributed by atoms with E-state index in [0.29, 0.717) is 12.6 Å². The second-order valence-corrected chi connectivity index (χ2v) is 5.84. The van der Waals surface area contributed by atoms with Crippen molar-refractivity contribution in [3.63, 3.8) is 0 Å². The highest BCUT2D eigenvalue weighted by molar-refractivity contribution is 7.99. The molecule has 0 bridgehead atoms. The molecule has 1 fully saturated rings. The summed E-state index contributed by atoms with van der Waals surface area (Å²) in [5, 5.41) is 9.23. The first-order chi connectivity index (χ1) is 8.29. The van der Waals surface area contributed by atoms with Crippen LogP contribution in [0.2, 0.25) is 0 Å². The zero-order chi connectivity index (χ0) is 12.1. The SMILES string of the molecule is Cc1ccc(SCCN2CCC[C@H]2CO)cc1. The number of nitrogens with zero attached hydrogens (tertiary/aromatic N) is 1. The van der Waals surface area contributed by atoms with Crippen LogP contribution in [0.3, 0.4) is 0 Å². The van der Waals surface area contributed by atoms with Gasteiger partial charge in [0.1, 0.15) is 0 Å². The molecule has 0 radical (unpaired) electrons. The van der Waals surface area contributed by atoms with Crippen molar-refractivity contribution in [2.24, 2.45) is 0 Å². The molecule has 1 saturated heterocycles. The van der Waals surface area contributed by atoms with E-state index in [0.717, 1.165) is 25.3 Å². The molecule has 1 aromatic rings. The maximum atomic E-state index is 9.23. The van der Waals surface area contributed by atoms with Crippen LogP contribution in [0.1, 0.15) is 18.4 Å². The summed E-state index contributed by atoms with van der Waals surface area (Å²) in [6, 6.07) is 9.11. The minimum atomic E-state index is 0.315. The molecule has 1 heterocycles. The minimum absolute atomic E-state index is 0.315. The van der Waals surface area contributed by atoms with Crippen LogP contribution in [0, 0.1) is 6.92 Å². The van der Waals surface area contributed by atoms with E-state index < -0.39 is 0 Å². The van der Waals surface area contributed by atoms with Gasteiger partial charge < -0.3 is 5.11 Å². The highest BCUT2D eigenvalue weighted by atomic mass is 32.2. The van der Waals surface area contributed by atoms with Crippen molar-refractivity contribution in [2.75, 3.05) is 25.4 Å². The third-order valence-electron chi connectivity index (χ3n) is 3.38. The van der Waals surface area contributed by atoms with Gasteiger partial charge in [0.25, 0.3) is 0 Å². The van der Waals surface area contributed by atoms with Crippen LogP contribution in [-0.2, 0) is 0 Å². The van der Waals surface area contributed by atoms with Crippen LogP contribution in [0.15, 0.2) is 29.2 Å². The molecule has 1 aromatic carbocycles. The second kappa shape index (κ2) is 6.43. The highest BCUT2D eigenvalue weighted by Gasteiger charge is 2.22. The summed E-state index contributed by atoms with van der Waals surface area (Å²) in [7, 11) is 0. The van der Waals surface area contributed by atoms with Crippen molar-refractivity contribution in [3.8, 4) is 0 Å². The molecule has 17 heavy (non-hydrogen) atoms. The normalized spacial score (nSPS) is 20.9. The first kappa shape index (κ1) is 12.9. The maximum Gasteiger partial charge on any atom is 0.0586 e. The minimum Gasteiger partial charge on any atom is -0.395 e. The molecule has 1 N–H and O–H groups in total. The number of rotatable bonds is 5. The molecule has 1 aliphatic heterocycles. The Labute approximate surface area is 108 Å². The lowest BCUT2D eigenvalue weighted by Crippen LogP contribution is -2.33. The summed E-state index contributed by atoms with van der Waals surface area (Å²) < 4.78 is 0. The molecule has 2 nitrogen and oxygen atoms in total. The van der Waals surface area contributed by atoms with E-state index >= 15 is 0 Å². The van der Waals surface area contributed by atoms with E-state index in [2.05, 4.69) is 36.1 Å². The Bertz CT molecular complexity index is 339. The van der Waals surface area contributed by atoms with E-state index in [-0.39, 0.29) is 0 Å². The number of benzene rings is 1. The number of thioether (sulfide) groups is 1. The van der Waals surface area contributed by atoms with Crippen molar-refractivity contribution < 1.29 is 5.11 Å². The number of aliphatic hydroxyl groups excluding tert-OH is 1. The molecular formula is C14H21NOS. The van der Waals surface area contributed by atoms with Crippen LogP contribution >= 0.6 is 11.8 Å². The van der Waals surface area contributed by atoms with Gasteiger partial charge in [-0.05, 0) is 38.4 Å². The Morgan fingerprint density at radius 3 is 2.82 bits per heavy atom. The lowest BCUT2D eigenvalue weighted by Gasteiger charge is -2.22. The van der Waals surface area contributed by atoms with Gasteiger partial charge in [-0.2, -0.15) is 0 Å². The monoisotopic (exact) mass is 251 g/mol. The number of aryl methyl sites for hydroxylation is 1. The molecule has 0 unspecified atom stereocenters. The van der Waals surface area contributed by atoms with E-state index in [1.807, 2.05) is 11.8 Å². The topological polar surface area (TPSA) is 23.5 Å². The molecule has 0 aliphatic carbocycles. The number of hydrogen-bond donors (Lipinski definition) is 1. The van der Waals surface area contributed by atoms with Gasteiger partial charge >= 0.3 is 0 Å². The first-order valence-corrected chi connectivity index (χ1v) is 7.32. The Balaban J connectivity index is 1.74. The van der Waals surface area contributed by atoms with Gasteiger partial charge in [0, 0.05) is 23.2 Å². The summed E-state index contributed by atoms with van der Waals surface area (Å²) in [6.07, 6.45) is 2.39. The summed E-state index contributed by atoms with van der Waals surface area (Å²) in [5.41, 5.74) is 1.31. The molecule has 0 spiro atoms. The fraction of sp³-hybridized carbons (Fsp3) is 0.571. The Hall–Kier alpha value is -0.510. The van der Waals surface area contributed by atoms with Crippen LogP contribution in [-0.4, -0.2) is 41.5 Å². The zero-order valence-electron chi connectivity index (χ0n) is 10.4. The van der Waals surface area contributed by atoms with Crippen LogP contribution < -0.4 is 0 Å². The van der Waals surface area contributed by atoms with Gasteiger partial charge in [0.05, 0.1) is 6.61 Å². The molecule has 0 saturated carbocycles. The van der Waals surface area contributed by atoms with Gasteiger partial charge in [-0.1, -0.05) is 17.7 Å². The Morgan fingerprint density at radius 1 is 1.35 bits per heavy atom. The molecule has 1 aliphatic rings. The van der Waals surface area contributed by atoms with Crippen molar-refractivity contribution in [1.82, 2.24) is 4.90 Å². The van der Waals surface area contributed by atoms with Gasteiger partial charge in [-0.15, -0.1) is 11.8 Å². The number of likely N-dealkylation sites (tertiary alicyclic amines) is 1. The fourth-order valence-electron chi connectivity index (χ4n) is 2.31. The van der Waals surface area contributed by atoms with Crippen molar-refractivity contribution >= 4 is 11.8 Å². The third kappa shape index (κ3) is 3.73. The molecular weight excluding hydrogens is 230 g/mol.